The summed E-state index contributed by atoms with van der Waals surface area (Å²) in [7, 11) is 0. The second-order valence-corrected chi connectivity index (χ2v) is 5.22. The molecule has 5 nitrogen and oxygen atoms in total. The number of ether oxygens (including phenoxy) is 1. The average molecular weight is 374 g/mol. The van der Waals surface area contributed by atoms with E-state index in [2.05, 4.69) is 32.7 Å². The molecule has 0 aliphatic carbocycles. The first kappa shape index (κ1) is 14.3. The zero-order valence-electron chi connectivity index (χ0n) is 10.8. The maximum Gasteiger partial charge on any atom is 0.261 e. The van der Waals surface area contributed by atoms with Gasteiger partial charge in [0.05, 0.1) is 5.56 Å². The Morgan fingerprint density at radius 1 is 1.42 bits per heavy atom. The number of rotatable bonds is 5. The van der Waals surface area contributed by atoms with Gasteiger partial charge < -0.3 is 14.4 Å². The summed E-state index contributed by atoms with van der Waals surface area (Å²) in [5.74, 6) is 0.946. The minimum absolute atomic E-state index is 0.125. The van der Waals surface area contributed by atoms with Crippen molar-refractivity contribution < 1.29 is 14.4 Å². The number of phenolic OH excluding ortho intramolecular Hbond substituents is 1. The van der Waals surface area contributed by atoms with Crippen LogP contribution >= 0.6 is 22.6 Å². The van der Waals surface area contributed by atoms with Crippen LogP contribution in [0.3, 0.4) is 0 Å². The molecule has 1 heterocycles. The summed E-state index contributed by atoms with van der Waals surface area (Å²) >= 11 is 2.16. The summed E-state index contributed by atoms with van der Waals surface area (Å²) in [5, 5.41) is 13.8. The van der Waals surface area contributed by atoms with Crippen molar-refractivity contribution in [3.8, 4) is 17.2 Å². The van der Waals surface area contributed by atoms with Gasteiger partial charge >= 0.3 is 0 Å². The van der Waals surface area contributed by atoms with Crippen molar-refractivity contribution in [1.82, 2.24) is 10.1 Å². The second-order valence-electron chi connectivity index (χ2n) is 3.97. The fourth-order valence-electron chi connectivity index (χ4n) is 1.73. The maximum absolute atomic E-state index is 9.83. The van der Waals surface area contributed by atoms with Crippen LogP contribution in [0.4, 0.5) is 0 Å². The molecule has 2 rings (SSSR count). The largest absolute Gasteiger partial charge is 0.507 e. The molecule has 1 aromatic carbocycles. The number of benzene rings is 1. The van der Waals surface area contributed by atoms with E-state index in [0.717, 1.165) is 9.99 Å². The minimum atomic E-state index is -0.174. The van der Waals surface area contributed by atoms with Gasteiger partial charge in [0.25, 0.3) is 5.89 Å². The van der Waals surface area contributed by atoms with Crippen molar-refractivity contribution in [1.29, 1.82) is 0 Å². The predicted octanol–water partition coefficient (Wildman–Crippen LogP) is 3.53. The highest BCUT2D eigenvalue weighted by Gasteiger charge is 2.19. The Labute approximate surface area is 125 Å². The number of aromatic nitrogens is 2. The van der Waals surface area contributed by atoms with Crippen LogP contribution < -0.4 is 0 Å². The normalized spacial score (nSPS) is 12.6. The molecule has 0 aliphatic rings. The first-order valence-electron chi connectivity index (χ1n) is 6.09. The Hall–Kier alpha value is -1.15. The third kappa shape index (κ3) is 3.24. The highest BCUT2D eigenvalue weighted by molar-refractivity contribution is 14.1. The van der Waals surface area contributed by atoms with Gasteiger partial charge in [0.15, 0.2) is 0 Å². The molecule has 1 aromatic heterocycles. The Kier molecular flexibility index (Phi) is 4.76. The third-order valence-electron chi connectivity index (χ3n) is 2.66. The van der Waals surface area contributed by atoms with E-state index in [9.17, 15) is 5.11 Å². The zero-order valence-corrected chi connectivity index (χ0v) is 12.9. The van der Waals surface area contributed by atoms with E-state index < -0.39 is 0 Å². The molecule has 0 fully saturated rings. The average Bonchev–Trinajstić information content (AvgIpc) is 2.88. The van der Waals surface area contributed by atoms with Crippen LogP contribution in [-0.2, 0) is 4.74 Å². The van der Waals surface area contributed by atoms with E-state index in [1.54, 1.807) is 12.1 Å². The fourth-order valence-corrected chi connectivity index (χ4v) is 2.22. The van der Waals surface area contributed by atoms with Crippen molar-refractivity contribution in [3.63, 3.8) is 0 Å². The summed E-state index contributed by atoms with van der Waals surface area (Å²) in [6, 6.07) is 5.22. The molecule has 19 heavy (non-hydrogen) atoms. The molecular weight excluding hydrogens is 359 g/mol. The number of nitrogens with zero attached hydrogens (tertiary/aromatic N) is 2. The molecule has 0 saturated carbocycles. The van der Waals surface area contributed by atoms with E-state index in [1.807, 2.05) is 19.9 Å². The van der Waals surface area contributed by atoms with Crippen LogP contribution in [0.15, 0.2) is 22.7 Å². The van der Waals surface area contributed by atoms with Gasteiger partial charge in [0.2, 0.25) is 5.82 Å². The highest BCUT2D eigenvalue weighted by Crippen LogP contribution is 2.30. The molecule has 0 radical (unpaired) electrons. The van der Waals surface area contributed by atoms with E-state index in [1.165, 1.54) is 0 Å². The number of phenols is 1. The van der Waals surface area contributed by atoms with Gasteiger partial charge in [-0.2, -0.15) is 4.98 Å². The van der Waals surface area contributed by atoms with E-state index in [0.29, 0.717) is 23.9 Å². The smallest absolute Gasteiger partial charge is 0.261 e. The quantitative estimate of drug-likeness (QED) is 0.811. The minimum Gasteiger partial charge on any atom is -0.507 e. The van der Waals surface area contributed by atoms with E-state index in [4.69, 9.17) is 9.26 Å². The van der Waals surface area contributed by atoms with Crippen LogP contribution in [-0.4, -0.2) is 21.9 Å². The van der Waals surface area contributed by atoms with Crippen molar-refractivity contribution in [3.05, 3.63) is 27.6 Å². The molecule has 1 atom stereocenters. The number of halogens is 1. The van der Waals surface area contributed by atoms with Crippen LogP contribution in [0, 0.1) is 3.57 Å². The fraction of sp³-hybridized carbons (Fsp3) is 0.385. The lowest BCUT2D eigenvalue weighted by Crippen LogP contribution is -2.04. The topological polar surface area (TPSA) is 68.4 Å². The van der Waals surface area contributed by atoms with Crippen molar-refractivity contribution >= 4 is 22.6 Å². The highest BCUT2D eigenvalue weighted by atomic mass is 127. The lowest BCUT2D eigenvalue weighted by molar-refractivity contribution is 0.0518. The predicted molar refractivity (Wildman–Crippen MR) is 78.8 cm³/mol. The summed E-state index contributed by atoms with van der Waals surface area (Å²) in [6.45, 7) is 4.52. The van der Waals surface area contributed by atoms with Crippen molar-refractivity contribution in [2.45, 2.75) is 26.4 Å². The van der Waals surface area contributed by atoms with Gasteiger partial charge in [0, 0.05) is 10.2 Å². The number of hydrogen-bond donors (Lipinski definition) is 1. The Bertz CT molecular complexity index is 557. The van der Waals surface area contributed by atoms with Crippen molar-refractivity contribution in [2.75, 3.05) is 6.61 Å². The molecule has 0 amide bonds. The Balaban J connectivity index is 2.32. The van der Waals surface area contributed by atoms with Crippen LogP contribution in [0.2, 0.25) is 0 Å². The van der Waals surface area contributed by atoms with Gasteiger partial charge in [0.1, 0.15) is 11.9 Å². The van der Waals surface area contributed by atoms with Crippen LogP contribution in [0.1, 0.15) is 32.2 Å². The van der Waals surface area contributed by atoms with Gasteiger partial charge in [-0.3, -0.25) is 0 Å². The first-order valence-corrected chi connectivity index (χ1v) is 7.17. The molecule has 0 spiro atoms. The van der Waals surface area contributed by atoms with Gasteiger partial charge in [-0.1, -0.05) is 12.1 Å². The molecule has 2 aromatic rings. The number of aromatic hydroxyl groups is 1. The Morgan fingerprint density at radius 2 is 2.21 bits per heavy atom. The Morgan fingerprint density at radius 3 is 2.89 bits per heavy atom. The monoisotopic (exact) mass is 374 g/mol. The molecule has 102 valence electrons. The standard InChI is InChI=1S/C13H15IN2O3/c1-3-11(18-4-2)12-15-13(19-16-12)9-7-8(14)5-6-10(9)17/h5-7,11,17H,3-4H2,1-2H3. The SMILES string of the molecule is CCOC(CC)c1noc(-c2cc(I)ccc2O)n1. The molecular formula is C13H15IN2O3. The van der Waals surface area contributed by atoms with Gasteiger partial charge in [-0.15, -0.1) is 0 Å². The number of hydrogen-bond acceptors (Lipinski definition) is 5. The van der Waals surface area contributed by atoms with Gasteiger partial charge in [-0.05, 0) is 54.1 Å². The molecule has 0 bridgehead atoms. The molecule has 0 saturated heterocycles. The summed E-state index contributed by atoms with van der Waals surface area (Å²) in [6.07, 6.45) is 0.595. The first-order chi connectivity index (χ1) is 9.15. The summed E-state index contributed by atoms with van der Waals surface area (Å²) < 4.78 is 11.7. The summed E-state index contributed by atoms with van der Waals surface area (Å²) in [4.78, 5) is 4.31. The van der Waals surface area contributed by atoms with Crippen LogP contribution in [0.25, 0.3) is 11.5 Å². The van der Waals surface area contributed by atoms with E-state index in [-0.39, 0.29) is 11.9 Å². The van der Waals surface area contributed by atoms with Crippen LogP contribution in [0.5, 0.6) is 5.75 Å². The van der Waals surface area contributed by atoms with Gasteiger partial charge in [-0.25, -0.2) is 0 Å². The lowest BCUT2D eigenvalue weighted by atomic mass is 10.2. The lowest BCUT2D eigenvalue weighted by Gasteiger charge is -2.09. The van der Waals surface area contributed by atoms with Crippen molar-refractivity contribution in [2.24, 2.45) is 0 Å². The molecule has 1 N–H and O–H groups in total. The molecule has 6 heteroatoms. The molecule has 1 unspecified atom stereocenters. The second kappa shape index (κ2) is 6.33. The summed E-state index contributed by atoms with van der Waals surface area (Å²) in [5.41, 5.74) is 0.539. The third-order valence-corrected chi connectivity index (χ3v) is 3.33. The maximum atomic E-state index is 9.83. The molecule has 0 aliphatic heterocycles. The zero-order chi connectivity index (χ0) is 13.8. The van der Waals surface area contributed by atoms with E-state index >= 15 is 0 Å².